The number of hydrogen-bond donors (Lipinski definition) is 0. The molecule has 1 aliphatic heterocycles. The van der Waals surface area contributed by atoms with E-state index < -0.39 is 11.4 Å². The van der Waals surface area contributed by atoms with E-state index in [0.717, 1.165) is 24.8 Å². The minimum absolute atomic E-state index is 0.189. The average molecular weight is 284 g/mol. The van der Waals surface area contributed by atoms with Crippen molar-refractivity contribution in [1.29, 1.82) is 0 Å². The molecule has 0 aromatic rings. The van der Waals surface area contributed by atoms with Crippen LogP contribution in [0.4, 0.5) is 0 Å². The minimum atomic E-state index is -1.04. The average Bonchev–Trinajstić information content (AvgIpc) is 2.89. The van der Waals surface area contributed by atoms with Gasteiger partial charge in [-0.25, -0.2) is 22.8 Å². The zero-order valence-electron chi connectivity index (χ0n) is 12.4. The largest absolute Gasteiger partial charge is 0.509 e. The summed E-state index contributed by atoms with van der Waals surface area (Å²) in [6.07, 6.45) is 8.00. The normalized spacial score (nSPS) is 29.6. The van der Waals surface area contributed by atoms with Gasteiger partial charge in [0.05, 0.1) is 13.2 Å². The van der Waals surface area contributed by atoms with Gasteiger partial charge in [0.2, 0.25) is 0 Å². The highest BCUT2D eigenvalue weighted by Crippen LogP contribution is 2.48. The lowest BCUT2D eigenvalue weighted by Gasteiger charge is -2.35. The Morgan fingerprint density at radius 1 is 1.19 bits per heavy atom. The van der Waals surface area contributed by atoms with Crippen LogP contribution in [0, 0.1) is 19.1 Å². The molecule has 0 aromatic heterocycles. The van der Waals surface area contributed by atoms with Gasteiger partial charge >= 0.3 is 5.66 Å². The number of nitrogens with zero attached hydrogens (tertiary/aromatic N) is 2. The number of allylic oxidation sites excluding steroid dienone is 1. The molecule has 0 radical (unpaired) electrons. The third-order valence-corrected chi connectivity index (χ3v) is 4.91. The molecule has 0 saturated carbocycles. The van der Waals surface area contributed by atoms with Crippen LogP contribution in [0.3, 0.4) is 0 Å². The fourth-order valence-corrected chi connectivity index (χ4v) is 3.74. The summed E-state index contributed by atoms with van der Waals surface area (Å²) < 4.78 is 11.7. The molecule has 3 rings (SSSR count). The van der Waals surface area contributed by atoms with Crippen LogP contribution in [0.15, 0.2) is 23.3 Å². The second kappa shape index (κ2) is 5.30. The Hall–Kier alpha value is -1.62. The van der Waals surface area contributed by atoms with Crippen LogP contribution < -0.4 is 0 Å². The van der Waals surface area contributed by atoms with Crippen LogP contribution in [0.1, 0.15) is 39.0 Å². The van der Waals surface area contributed by atoms with Gasteiger partial charge in [-0.2, -0.15) is 0 Å². The molecular weight excluding hydrogens is 264 g/mol. The van der Waals surface area contributed by atoms with Gasteiger partial charge in [0, 0.05) is 18.8 Å². The van der Waals surface area contributed by atoms with Gasteiger partial charge in [0.25, 0.3) is 0 Å². The van der Waals surface area contributed by atoms with Crippen molar-refractivity contribution in [3.63, 3.8) is 0 Å². The molecule has 4 heteroatoms. The molecule has 0 aromatic carbocycles. The van der Waals surface area contributed by atoms with Crippen LogP contribution in [-0.2, 0) is 9.47 Å². The Balaban J connectivity index is 2.00. The third kappa shape index (κ3) is 2.29. The number of fused-ring (bicyclic) bond motifs is 1. The molecule has 2 aliphatic carbocycles. The Morgan fingerprint density at radius 2 is 1.90 bits per heavy atom. The van der Waals surface area contributed by atoms with E-state index in [9.17, 15) is 0 Å². The first-order chi connectivity index (χ1) is 10.2. The Bertz CT molecular complexity index is 557. The fraction of sp³-hybridized carbons (Fsp3) is 0.647. The molecule has 4 nitrogen and oxygen atoms in total. The number of rotatable bonds is 1. The second-order valence-corrected chi connectivity index (χ2v) is 6.04. The maximum atomic E-state index is 7.57. The van der Waals surface area contributed by atoms with Crippen LogP contribution in [0.2, 0.25) is 0 Å². The highest BCUT2D eigenvalue weighted by atomic mass is 16.7. The second-order valence-electron chi connectivity index (χ2n) is 6.04. The van der Waals surface area contributed by atoms with E-state index in [1.165, 1.54) is 5.57 Å². The molecular formula is C17H20N2O2. The first kappa shape index (κ1) is 14.3. The maximum Gasteiger partial charge on any atom is 0.509 e. The van der Waals surface area contributed by atoms with Gasteiger partial charge in [0.1, 0.15) is 12.0 Å². The highest BCUT2D eigenvalue weighted by Gasteiger charge is 2.56. The monoisotopic (exact) mass is 284 g/mol. The zero-order valence-corrected chi connectivity index (χ0v) is 12.4. The molecule has 1 fully saturated rings. The molecule has 1 unspecified atom stereocenters. The lowest BCUT2D eigenvalue weighted by atomic mass is 9.76. The number of hydrogen-bond acceptors (Lipinski definition) is 2. The highest BCUT2D eigenvalue weighted by molar-refractivity contribution is 5.39. The van der Waals surface area contributed by atoms with E-state index in [1.54, 1.807) is 0 Å². The summed E-state index contributed by atoms with van der Waals surface area (Å²) in [5.74, 6) is -0.318. The summed E-state index contributed by atoms with van der Waals surface area (Å²) in [6, 6.07) is 0. The Labute approximate surface area is 126 Å². The zero-order chi connectivity index (χ0) is 14.9. The number of ether oxygens (including phenoxy) is 2. The molecule has 0 amide bonds. The van der Waals surface area contributed by atoms with Crippen molar-refractivity contribution in [2.24, 2.45) is 5.92 Å². The summed E-state index contributed by atoms with van der Waals surface area (Å²) in [5, 5.41) is 0. The summed E-state index contributed by atoms with van der Waals surface area (Å²) in [5.41, 5.74) is 1.30. The van der Waals surface area contributed by atoms with Crippen molar-refractivity contribution in [2.75, 3.05) is 13.2 Å². The van der Waals surface area contributed by atoms with E-state index in [2.05, 4.69) is 28.8 Å². The topological polar surface area (TPSA) is 27.2 Å². The lowest BCUT2D eigenvalue weighted by molar-refractivity contribution is -0.169. The van der Waals surface area contributed by atoms with E-state index in [-0.39, 0.29) is 5.92 Å². The molecule has 3 aliphatic rings. The third-order valence-electron chi connectivity index (χ3n) is 4.91. The standard InChI is InChI=1S/C17H20N2O2/c1-4-13-5-8-17(18-2,19-3)15-6-7-16(12-14(15)11-13)20-9-10-21-16/h5-6,14H,4,7-12H2,1H3. The van der Waals surface area contributed by atoms with Gasteiger partial charge in [-0.05, 0) is 12.8 Å². The summed E-state index contributed by atoms with van der Waals surface area (Å²) in [7, 11) is 0. The van der Waals surface area contributed by atoms with Crippen molar-refractivity contribution in [1.82, 2.24) is 0 Å². The smallest absolute Gasteiger partial charge is 0.347 e. The minimum Gasteiger partial charge on any atom is -0.347 e. The van der Waals surface area contributed by atoms with E-state index >= 15 is 0 Å². The fourth-order valence-electron chi connectivity index (χ4n) is 3.74. The molecule has 0 N–H and O–H groups in total. The quantitative estimate of drug-likeness (QED) is 0.542. The van der Waals surface area contributed by atoms with Gasteiger partial charge in [-0.15, -0.1) is 0 Å². The molecule has 21 heavy (non-hydrogen) atoms. The predicted molar refractivity (Wildman–Crippen MR) is 79.0 cm³/mol. The molecule has 1 spiro atoms. The first-order valence-electron chi connectivity index (χ1n) is 7.60. The van der Waals surface area contributed by atoms with Crippen LogP contribution in [0.25, 0.3) is 9.69 Å². The molecule has 0 bridgehead atoms. The van der Waals surface area contributed by atoms with Gasteiger partial charge in [0.15, 0.2) is 5.79 Å². The van der Waals surface area contributed by atoms with Gasteiger partial charge in [-0.3, -0.25) is 0 Å². The lowest BCUT2D eigenvalue weighted by Crippen LogP contribution is -2.39. The van der Waals surface area contributed by atoms with Crippen molar-refractivity contribution in [3.8, 4) is 0 Å². The summed E-state index contributed by atoms with van der Waals surface area (Å²) in [4.78, 5) is 7.45. The van der Waals surface area contributed by atoms with Gasteiger partial charge < -0.3 is 9.47 Å². The Morgan fingerprint density at radius 3 is 2.52 bits per heavy atom. The van der Waals surface area contributed by atoms with Crippen molar-refractivity contribution < 1.29 is 9.47 Å². The predicted octanol–water partition coefficient (Wildman–Crippen LogP) is 3.73. The maximum absolute atomic E-state index is 7.57. The van der Waals surface area contributed by atoms with Crippen molar-refractivity contribution in [3.05, 3.63) is 46.1 Å². The van der Waals surface area contributed by atoms with Crippen LogP contribution in [-0.4, -0.2) is 24.7 Å². The van der Waals surface area contributed by atoms with Crippen LogP contribution in [0.5, 0.6) is 0 Å². The molecule has 1 heterocycles. The SMILES string of the molecule is [C-]#[N+]C1([N+]#[C-])CC=C(CC)CC2CC3(CC=C21)OCCO3. The van der Waals surface area contributed by atoms with E-state index in [4.69, 9.17) is 22.6 Å². The molecule has 110 valence electrons. The van der Waals surface area contributed by atoms with Crippen molar-refractivity contribution in [2.45, 2.75) is 50.5 Å². The first-order valence-corrected chi connectivity index (χ1v) is 7.60. The summed E-state index contributed by atoms with van der Waals surface area (Å²) >= 11 is 0. The summed E-state index contributed by atoms with van der Waals surface area (Å²) in [6.45, 7) is 18.6. The molecule has 1 atom stereocenters. The molecule has 1 saturated heterocycles. The van der Waals surface area contributed by atoms with E-state index in [1.807, 2.05) is 0 Å². The van der Waals surface area contributed by atoms with Gasteiger partial charge in [-0.1, -0.05) is 24.6 Å². The Kier molecular flexibility index (Phi) is 3.61. The van der Waals surface area contributed by atoms with E-state index in [0.29, 0.717) is 26.1 Å². The van der Waals surface area contributed by atoms with Crippen molar-refractivity contribution >= 4 is 0 Å². The van der Waals surface area contributed by atoms with Crippen LogP contribution >= 0.6 is 0 Å².